The summed E-state index contributed by atoms with van der Waals surface area (Å²) in [7, 11) is 0. The van der Waals surface area contributed by atoms with E-state index in [9.17, 15) is 13.2 Å². The van der Waals surface area contributed by atoms with E-state index in [0.717, 1.165) is 12.5 Å². The normalized spacial score (nSPS) is 11.9. The molecule has 108 valence electrons. The van der Waals surface area contributed by atoms with Crippen LogP contribution in [0.25, 0.3) is 0 Å². The second-order valence-corrected chi connectivity index (χ2v) is 4.62. The molecule has 0 bridgehead atoms. The van der Waals surface area contributed by atoms with Gasteiger partial charge in [0.15, 0.2) is 0 Å². The van der Waals surface area contributed by atoms with Gasteiger partial charge in [0.05, 0.1) is 12.2 Å². The van der Waals surface area contributed by atoms with Crippen molar-refractivity contribution >= 4 is 5.82 Å². The van der Waals surface area contributed by atoms with Crippen LogP contribution in [0.2, 0.25) is 0 Å². The third kappa shape index (κ3) is 5.92. The third-order valence-corrected chi connectivity index (χ3v) is 2.49. The first-order valence-electron chi connectivity index (χ1n) is 6.25. The summed E-state index contributed by atoms with van der Waals surface area (Å²) < 4.78 is 43.3. The van der Waals surface area contributed by atoms with E-state index in [1.165, 1.54) is 12.3 Å². The van der Waals surface area contributed by atoms with Gasteiger partial charge >= 0.3 is 6.18 Å². The van der Waals surface area contributed by atoms with E-state index in [1.807, 2.05) is 0 Å². The van der Waals surface area contributed by atoms with Crippen molar-refractivity contribution in [3.63, 3.8) is 0 Å². The molecule has 0 spiro atoms. The number of anilines is 1. The summed E-state index contributed by atoms with van der Waals surface area (Å²) in [6.45, 7) is 5.46. The van der Waals surface area contributed by atoms with E-state index in [0.29, 0.717) is 25.7 Å². The molecule has 1 aromatic rings. The maximum atomic E-state index is 12.7. The molecule has 0 amide bonds. The zero-order chi connectivity index (χ0) is 14.3. The Balaban J connectivity index is 2.37. The lowest BCUT2D eigenvalue weighted by molar-refractivity contribution is -0.137. The molecule has 0 radical (unpaired) electrons. The average Bonchev–Trinajstić information content (AvgIpc) is 2.32. The summed E-state index contributed by atoms with van der Waals surface area (Å²) in [5.74, 6) is 0.406. The average molecular weight is 276 g/mol. The standard InChI is InChI=1S/C13H19F3N2O/c1-10(2)5-8-19-9-7-18-12-11(13(14,15)16)4-3-6-17-12/h3-4,6,10H,5,7-9H2,1-2H3,(H,17,18). The van der Waals surface area contributed by atoms with E-state index >= 15 is 0 Å². The largest absolute Gasteiger partial charge is 0.419 e. The summed E-state index contributed by atoms with van der Waals surface area (Å²) in [5, 5.41) is 2.65. The Labute approximate surface area is 111 Å². The first kappa shape index (κ1) is 15.8. The van der Waals surface area contributed by atoms with Crippen molar-refractivity contribution in [2.45, 2.75) is 26.4 Å². The number of halogens is 3. The van der Waals surface area contributed by atoms with Crippen molar-refractivity contribution in [1.82, 2.24) is 4.98 Å². The van der Waals surface area contributed by atoms with Gasteiger partial charge < -0.3 is 10.1 Å². The van der Waals surface area contributed by atoms with Crippen molar-refractivity contribution in [1.29, 1.82) is 0 Å². The van der Waals surface area contributed by atoms with Crippen LogP contribution in [-0.2, 0) is 10.9 Å². The fraction of sp³-hybridized carbons (Fsp3) is 0.615. The highest BCUT2D eigenvalue weighted by atomic mass is 19.4. The summed E-state index contributed by atoms with van der Waals surface area (Å²) >= 11 is 0. The molecule has 0 unspecified atom stereocenters. The second-order valence-electron chi connectivity index (χ2n) is 4.62. The molecule has 1 heterocycles. The molecule has 0 aliphatic carbocycles. The van der Waals surface area contributed by atoms with E-state index in [4.69, 9.17) is 4.74 Å². The third-order valence-electron chi connectivity index (χ3n) is 2.49. The number of alkyl halides is 3. The summed E-state index contributed by atoms with van der Waals surface area (Å²) in [6.07, 6.45) is -2.12. The smallest absolute Gasteiger partial charge is 0.380 e. The summed E-state index contributed by atoms with van der Waals surface area (Å²) in [4.78, 5) is 3.70. The van der Waals surface area contributed by atoms with Gasteiger partial charge in [0.2, 0.25) is 0 Å². The first-order valence-corrected chi connectivity index (χ1v) is 6.25. The predicted octanol–water partition coefficient (Wildman–Crippen LogP) is 3.58. The lowest BCUT2D eigenvalue weighted by atomic mass is 10.1. The van der Waals surface area contributed by atoms with Crippen LogP contribution < -0.4 is 5.32 Å². The summed E-state index contributed by atoms with van der Waals surface area (Å²) in [5.41, 5.74) is -0.753. The predicted molar refractivity (Wildman–Crippen MR) is 68.0 cm³/mol. The highest BCUT2D eigenvalue weighted by Gasteiger charge is 2.33. The van der Waals surface area contributed by atoms with Crippen molar-refractivity contribution in [2.75, 3.05) is 25.1 Å². The molecule has 0 aliphatic rings. The number of nitrogens with one attached hydrogen (secondary N) is 1. The monoisotopic (exact) mass is 276 g/mol. The molecule has 3 nitrogen and oxygen atoms in total. The lowest BCUT2D eigenvalue weighted by Gasteiger charge is -2.13. The Hall–Kier alpha value is -1.30. The Bertz CT molecular complexity index is 380. The van der Waals surface area contributed by atoms with Crippen LogP contribution in [0, 0.1) is 5.92 Å². The molecule has 1 aromatic heterocycles. The SMILES string of the molecule is CC(C)CCOCCNc1ncccc1C(F)(F)F. The second kappa shape index (κ2) is 7.33. The highest BCUT2D eigenvalue weighted by molar-refractivity contribution is 5.45. The van der Waals surface area contributed by atoms with Crippen LogP contribution in [0.1, 0.15) is 25.8 Å². The van der Waals surface area contributed by atoms with Gasteiger partial charge in [-0.3, -0.25) is 0 Å². The topological polar surface area (TPSA) is 34.1 Å². The molecule has 0 atom stereocenters. The van der Waals surface area contributed by atoms with Crippen molar-refractivity contribution in [3.8, 4) is 0 Å². The quantitative estimate of drug-likeness (QED) is 0.773. The van der Waals surface area contributed by atoms with Gasteiger partial charge in [-0.05, 0) is 24.5 Å². The molecule has 0 aliphatic heterocycles. The van der Waals surface area contributed by atoms with Crippen LogP contribution in [0.4, 0.5) is 19.0 Å². The minimum absolute atomic E-state index is 0.151. The molecular formula is C13H19F3N2O. The molecule has 0 aromatic carbocycles. The fourth-order valence-electron chi connectivity index (χ4n) is 1.44. The van der Waals surface area contributed by atoms with Crippen LogP contribution in [0.15, 0.2) is 18.3 Å². The van der Waals surface area contributed by atoms with Crippen LogP contribution in [-0.4, -0.2) is 24.7 Å². The van der Waals surface area contributed by atoms with Crippen LogP contribution in [0.5, 0.6) is 0 Å². The number of pyridine rings is 1. The van der Waals surface area contributed by atoms with Gasteiger partial charge in [0.1, 0.15) is 5.82 Å². The molecule has 1 rings (SSSR count). The number of nitrogens with zero attached hydrogens (tertiary/aromatic N) is 1. The highest BCUT2D eigenvalue weighted by Crippen LogP contribution is 2.33. The number of ether oxygens (including phenoxy) is 1. The Morgan fingerprint density at radius 3 is 2.68 bits per heavy atom. The van der Waals surface area contributed by atoms with Gasteiger partial charge in [-0.15, -0.1) is 0 Å². The van der Waals surface area contributed by atoms with Gasteiger partial charge in [0, 0.05) is 19.3 Å². The first-order chi connectivity index (χ1) is 8.91. The number of hydrogen-bond donors (Lipinski definition) is 1. The van der Waals surface area contributed by atoms with Crippen LogP contribution in [0.3, 0.4) is 0 Å². The number of aromatic nitrogens is 1. The molecule has 0 saturated carbocycles. The maximum Gasteiger partial charge on any atom is 0.419 e. The Morgan fingerprint density at radius 1 is 1.32 bits per heavy atom. The van der Waals surface area contributed by atoms with E-state index in [-0.39, 0.29) is 5.82 Å². The maximum absolute atomic E-state index is 12.7. The minimum Gasteiger partial charge on any atom is -0.380 e. The fourth-order valence-corrected chi connectivity index (χ4v) is 1.44. The molecule has 0 fully saturated rings. The molecule has 1 N–H and O–H groups in total. The van der Waals surface area contributed by atoms with E-state index in [2.05, 4.69) is 24.1 Å². The molecule has 6 heteroatoms. The van der Waals surface area contributed by atoms with Gasteiger partial charge in [-0.1, -0.05) is 13.8 Å². The van der Waals surface area contributed by atoms with Crippen molar-refractivity contribution in [3.05, 3.63) is 23.9 Å². The van der Waals surface area contributed by atoms with Gasteiger partial charge in [-0.2, -0.15) is 13.2 Å². The lowest BCUT2D eigenvalue weighted by Crippen LogP contribution is -2.16. The Kier molecular flexibility index (Phi) is 6.08. The van der Waals surface area contributed by atoms with Crippen molar-refractivity contribution in [2.24, 2.45) is 5.92 Å². The van der Waals surface area contributed by atoms with E-state index in [1.54, 1.807) is 0 Å². The zero-order valence-electron chi connectivity index (χ0n) is 11.1. The van der Waals surface area contributed by atoms with Gasteiger partial charge in [-0.25, -0.2) is 4.98 Å². The van der Waals surface area contributed by atoms with Crippen molar-refractivity contribution < 1.29 is 17.9 Å². The minimum atomic E-state index is -4.39. The molecule has 0 saturated heterocycles. The van der Waals surface area contributed by atoms with E-state index < -0.39 is 11.7 Å². The number of rotatable bonds is 7. The van der Waals surface area contributed by atoms with Crippen LogP contribution >= 0.6 is 0 Å². The van der Waals surface area contributed by atoms with Gasteiger partial charge in [0.25, 0.3) is 0 Å². The summed E-state index contributed by atoms with van der Waals surface area (Å²) in [6, 6.07) is 2.28. The zero-order valence-corrected chi connectivity index (χ0v) is 11.1. The molecule has 19 heavy (non-hydrogen) atoms. The molecular weight excluding hydrogens is 257 g/mol. The Morgan fingerprint density at radius 2 is 2.05 bits per heavy atom. The number of hydrogen-bond acceptors (Lipinski definition) is 3.